The molecule has 0 saturated heterocycles. The summed E-state index contributed by atoms with van der Waals surface area (Å²) in [5.41, 5.74) is 0.0689. The van der Waals surface area contributed by atoms with Gasteiger partial charge in [-0.05, 0) is 25.1 Å². The summed E-state index contributed by atoms with van der Waals surface area (Å²) in [5, 5.41) is 12.7. The normalized spacial score (nSPS) is 10.3. The average Bonchev–Trinajstić information content (AvgIpc) is 2.77. The van der Waals surface area contributed by atoms with Crippen molar-refractivity contribution < 1.29 is 19.0 Å². The van der Waals surface area contributed by atoms with Gasteiger partial charge in [-0.3, -0.25) is 0 Å². The smallest absolute Gasteiger partial charge is 0.335 e. The fourth-order valence-electron chi connectivity index (χ4n) is 1.50. The minimum absolute atomic E-state index is 0.103. The molecular weight excluding hydrogens is 239 g/mol. The Morgan fingerprint density at radius 1 is 1.56 bits per heavy atom. The maximum Gasteiger partial charge on any atom is 0.335 e. The molecule has 0 radical (unpaired) electrons. The van der Waals surface area contributed by atoms with Crippen LogP contribution >= 0.6 is 0 Å². The van der Waals surface area contributed by atoms with Crippen molar-refractivity contribution in [2.45, 2.75) is 6.92 Å². The number of rotatable bonds is 4. The number of carbonyl (C=O) groups is 1. The largest absolute Gasteiger partial charge is 0.491 e. The molecule has 1 aromatic heterocycles. The van der Waals surface area contributed by atoms with Crippen molar-refractivity contribution in [2.75, 3.05) is 6.61 Å². The average molecular weight is 250 g/mol. The van der Waals surface area contributed by atoms with Crippen molar-refractivity contribution in [1.82, 2.24) is 9.78 Å². The first-order valence-electron chi connectivity index (χ1n) is 5.32. The monoisotopic (exact) mass is 250 g/mol. The molecule has 1 N–H and O–H groups in total. The Morgan fingerprint density at radius 3 is 2.94 bits per heavy atom. The topological polar surface area (TPSA) is 64.4 Å². The van der Waals surface area contributed by atoms with Gasteiger partial charge < -0.3 is 9.84 Å². The molecule has 1 aromatic carbocycles. The molecule has 0 amide bonds. The van der Waals surface area contributed by atoms with Crippen LogP contribution in [0.4, 0.5) is 4.39 Å². The van der Waals surface area contributed by atoms with Gasteiger partial charge in [-0.2, -0.15) is 5.10 Å². The van der Waals surface area contributed by atoms with E-state index in [1.165, 1.54) is 29.2 Å². The molecule has 0 spiro atoms. The number of benzene rings is 1. The molecule has 2 aromatic rings. The van der Waals surface area contributed by atoms with Crippen LogP contribution in [0.5, 0.6) is 5.75 Å². The van der Waals surface area contributed by atoms with Gasteiger partial charge in [0.05, 0.1) is 24.6 Å². The summed E-state index contributed by atoms with van der Waals surface area (Å²) in [5.74, 6) is -1.30. The Labute approximate surface area is 102 Å². The van der Waals surface area contributed by atoms with Crippen molar-refractivity contribution in [3.8, 4) is 11.4 Å². The van der Waals surface area contributed by atoms with Crippen molar-refractivity contribution in [2.24, 2.45) is 0 Å². The first-order chi connectivity index (χ1) is 8.61. The van der Waals surface area contributed by atoms with Gasteiger partial charge in [-0.25, -0.2) is 13.9 Å². The third kappa shape index (κ3) is 2.32. The van der Waals surface area contributed by atoms with E-state index in [1.54, 1.807) is 0 Å². The second-order valence-corrected chi connectivity index (χ2v) is 3.52. The lowest BCUT2D eigenvalue weighted by molar-refractivity contribution is 0.0696. The lowest BCUT2D eigenvalue weighted by Gasteiger charge is -2.03. The lowest BCUT2D eigenvalue weighted by Crippen LogP contribution is -2.02. The van der Waals surface area contributed by atoms with E-state index in [0.717, 1.165) is 6.07 Å². The Balaban J connectivity index is 2.35. The van der Waals surface area contributed by atoms with E-state index in [0.29, 0.717) is 12.4 Å². The zero-order valence-electron chi connectivity index (χ0n) is 9.63. The fourth-order valence-corrected chi connectivity index (χ4v) is 1.50. The molecule has 0 fully saturated rings. The maximum absolute atomic E-state index is 13.7. The highest BCUT2D eigenvalue weighted by molar-refractivity contribution is 5.87. The number of aromatic carboxylic acids is 1. The van der Waals surface area contributed by atoms with Crippen molar-refractivity contribution >= 4 is 5.97 Å². The quantitative estimate of drug-likeness (QED) is 0.902. The van der Waals surface area contributed by atoms with E-state index in [1.807, 2.05) is 6.92 Å². The van der Waals surface area contributed by atoms with Crippen molar-refractivity contribution in [1.29, 1.82) is 0 Å². The zero-order chi connectivity index (χ0) is 13.1. The van der Waals surface area contributed by atoms with Gasteiger partial charge in [-0.1, -0.05) is 0 Å². The number of carboxylic acid groups (broad SMARTS) is 1. The van der Waals surface area contributed by atoms with Crippen LogP contribution in [0.25, 0.3) is 5.69 Å². The van der Waals surface area contributed by atoms with Crippen LogP contribution in [-0.2, 0) is 0 Å². The zero-order valence-corrected chi connectivity index (χ0v) is 9.63. The third-order valence-electron chi connectivity index (χ3n) is 2.31. The molecule has 2 rings (SSSR count). The molecule has 0 aliphatic carbocycles. The van der Waals surface area contributed by atoms with Crippen LogP contribution in [-0.4, -0.2) is 27.5 Å². The van der Waals surface area contributed by atoms with Crippen molar-refractivity contribution in [3.63, 3.8) is 0 Å². The number of carboxylic acids is 1. The molecular formula is C12H11FN2O3. The highest BCUT2D eigenvalue weighted by atomic mass is 19.1. The van der Waals surface area contributed by atoms with Gasteiger partial charge in [0, 0.05) is 0 Å². The van der Waals surface area contributed by atoms with Gasteiger partial charge in [0.1, 0.15) is 11.5 Å². The number of hydrogen-bond acceptors (Lipinski definition) is 3. The number of nitrogens with zero attached hydrogens (tertiary/aromatic N) is 2. The molecule has 6 heteroatoms. The molecule has 0 atom stereocenters. The Kier molecular flexibility index (Phi) is 3.27. The van der Waals surface area contributed by atoms with E-state index in [4.69, 9.17) is 9.84 Å². The van der Waals surface area contributed by atoms with Crippen LogP contribution in [0, 0.1) is 5.82 Å². The Hall–Kier alpha value is -2.37. The first-order valence-corrected chi connectivity index (χ1v) is 5.32. The fraction of sp³-hybridized carbons (Fsp3) is 0.167. The lowest BCUT2D eigenvalue weighted by atomic mass is 10.2. The standard InChI is InChI=1S/C12H11FN2O3/c1-2-18-9-6-14-15(7-9)11-4-3-8(12(16)17)5-10(11)13/h3-7H,2H2,1H3,(H,16,17). The van der Waals surface area contributed by atoms with Crippen LogP contribution in [0.15, 0.2) is 30.6 Å². The molecule has 0 unspecified atom stereocenters. The summed E-state index contributed by atoms with van der Waals surface area (Å²) in [7, 11) is 0. The van der Waals surface area contributed by atoms with Crippen LogP contribution in [0.3, 0.4) is 0 Å². The van der Waals surface area contributed by atoms with Gasteiger partial charge in [0.2, 0.25) is 0 Å². The van der Waals surface area contributed by atoms with E-state index in [9.17, 15) is 9.18 Å². The summed E-state index contributed by atoms with van der Waals surface area (Å²) < 4.78 is 20.2. The molecule has 0 aliphatic rings. The molecule has 94 valence electrons. The molecule has 1 heterocycles. The Bertz CT molecular complexity index is 580. The number of ether oxygens (including phenoxy) is 1. The first kappa shape index (κ1) is 12.1. The molecule has 0 bridgehead atoms. The predicted molar refractivity (Wildman–Crippen MR) is 61.7 cm³/mol. The summed E-state index contributed by atoms with van der Waals surface area (Å²) >= 11 is 0. The van der Waals surface area contributed by atoms with E-state index >= 15 is 0 Å². The SMILES string of the molecule is CCOc1cnn(-c2ccc(C(=O)O)cc2F)c1. The van der Waals surface area contributed by atoms with Gasteiger partial charge in [0.15, 0.2) is 5.75 Å². The van der Waals surface area contributed by atoms with Crippen LogP contribution in [0.2, 0.25) is 0 Å². The maximum atomic E-state index is 13.7. The van der Waals surface area contributed by atoms with Crippen LogP contribution in [0.1, 0.15) is 17.3 Å². The second-order valence-electron chi connectivity index (χ2n) is 3.52. The molecule has 0 saturated carbocycles. The minimum atomic E-state index is -1.17. The van der Waals surface area contributed by atoms with Crippen molar-refractivity contribution in [3.05, 3.63) is 42.0 Å². The Morgan fingerprint density at radius 2 is 2.33 bits per heavy atom. The summed E-state index contributed by atoms with van der Waals surface area (Å²) in [6, 6.07) is 3.64. The van der Waals surface area contributed by atoms with Gasteiger partial charge in [-0.15, -0.1) is 0 Å². The summed E-state index contributed by atoms with van der Waals surface area (Å²) in [4.78, 5) is 10.7. The highest BCUT2D eigenvalue weighted by Crippen LogP contribution is 2.18. The van der Waals surface area contributed by atoms with E-state index in [2.05, 4.69) is 5.10 Å². The van der Waals surface area contributed by atoms with E-state index < -0.39 is 11.8 Å². The molecule has 18 heavy (non-hydrogen) atoms. The molecule has 0 aliphatic heterocycles. The predicted octanol–water partition coefficient (Wildman–Crippen LogP) is 2.11. The minimum Gasteiger partial charge on any atom is -0.491 e. The summed E-state index contributed by atoms with van der Waals surface area (Å²) in [6.45, 7) is 2.33. The van der Waals surface area contributed by atoms with Crippen LogP contribution < -0.4 is 4.74 Å². The highest BCUT2D eigenvalue weighted by Gasteiger charge is 2.10. The summed E-state index contributed by atoms with van der Waals surface area (Å²) in [6.07, 6.45) is 3.00. The number of hydrogen-bond donors (Lipinski definition) is 1. The third-order valence-corrected chi connectivity index (χ3v) is 2.31. The second kappa shape index (κ2) is 4.87. The van der Waals surface area contributed by atoms with Gasteiger partial charge >= 0.3 is 5.97 Å². The number of halogens is 1. The van der Waals surface area contributed by atoms with E-state index in [-0.39, 0.29) is 11.3 Å². The van der Waals surface area contributed by atoms with Gasteiger partial charge in [0.25, 0.3) is 0 Å². The molecule has 5 nitrogen and oxygen atoms in total. The number of aromatic nitrogens is 2.